The zero-order valence-corrected chi connectivity index (χ0v) is 29.7. The van der Waals surface area contributed by atoms with Crippen LogP contribution in [-0.2, 0) is 27.2 Å². The van der Waals surface area contributed by atoms with Gasteiger partial charge in [0.05, 0.1) is 25.8 Å². The molecule has 3 N–H and O–H groups in total. The van der Waals surface area contributed by atoms with Gasteiger partial charge in [-0.15, -0.1) is 0 Å². The van der Waals surface area contributed by atoms with Crippen molar-refractivity contribution in [1.82, 2.24) is 20.9 Å². The van der Waals surface area contributed by atoms with Crippen molar-refractivity contribution in [3.05, 3.63) is 89.5 Å². The number of carbonyl (C=O) groups is 4. The molecule has 1 aliphatic heterocycles. The van der Waals surface area contributed by atoms with Gasteiger partial charge in [-0.2, -0.15) is 0 Å². The molecule has 0 spiro atoms. The van der Waals surface area contributed by atoms with Crippen molar-refractivity contribution in [2.24, 2.45) is 5.92 Å². The molecule has 1 aliphatic rings. The number of benzene rings is 3. The third-order valence-corrected chi connectivity index (χ3v) is 8.78. The zero-order chi connectivity index (χ0) is 36.0. The maximum Gasteiger partial charge on any atom is 0.255 e. The summed E-state index contributed by atoms with van der Waals surface area (Å²) in [5, 5.41) is 8.69. The van der Waals surface area contributed by atoms with Crippen LogP contribution >= 0.6 is 0 Å². The van der Waals surface area contributed by atoms with Crippen LogP contribution < -0.4 is 30.2 Å². The van der Waals surface area contributed by atoms with Crippen molar-refractivity contribution < 1.29 is 33.4 Å². The summed E-state index contributed by atoms with van der Waals surface area (Å²) in [6.45, 7) is 4.45. The van der Waals surface area contributed by atoms with Crippen LogP contribution in [-0.4, -0.2) is 81.1 Å². The van der Waals surface area contributed by atoms with Gasteiger partial charge in [0, 0.05) is 20.0 Å². The molecule has 0 unspecified atom stereocenters. The van der Waals surface area contributed by atoms with Crippen LogP contribution in [0, 0.1) is 5.92 Å². The zero-order valence-electron chi connectivity index (χ0n) is 29.7. The number of hydrogen-bond acceptors (Lipinski definition) is 7. The predicted octanol–water partition coefficient (Wildman–Crippen LogP) is 4.32. The van der Waals surface area contributed by atoms with E-state index in [1.807, 2.05) is 62.4 Å². The van der Waals surface area contributed by atoms with Crippen molar-refractivity contribution in [3.8, 4) is 17.2 Å². The molecule has 0 fully saturated rings. The first-order valence-electron chi connectivity index (χ1n) is 17.2. The highest BCUT2D eigenvalue weighted by Gasteiger charge is 2.31. The Morgan fingerprint density at radius 2 is 1.66 bits per heavy atom. The molecule has 0 aromatic heterocycles. The summed E-state index contributed by atoms with van der Waals surface area (Å²) in [6.07, 6.45) is 2.23. The molecule has 4 amide bonds. The number of amides is 4. The van der Waals surface area contributed by atoms with Gasteiger partial charge < -0.3 is 35.1 Å². The Labute approximate surface area is 295 Å². The summed E-state index contributed by atoms with van der Waals surface area (Å²) in [5.74, 6) is 0.238. The highest BCUT2D eigenvalue weighted by molar-refractivity contribution is 5.99. The Kier molecular flexibility index (Phi) is 14.1. The summed E-state index contributed by atoms with van der Waals surface area (Å²) in [7, 11) is 4.89. The number of hydrogen-bond donors (Lipinski definition) is 3. The van der Waals surface area contributed by atoms with E-state index in [1.54, 1.807) is 50.4 Å². The number of nitrogens with zero attached hydrogens (tertiary/aromatic N) is 1. The molecular weight excluding hydrogens is 636 g/mol. The van der Waals surface area contributed by atoms with Crippen LogP contribution in [0.1, 0.15) is 61.0 Å². The molecule has 3 atom stereocenters. The topological polar surface area (TPSA) is 135 Å². The quantitative estimate of drug-likeness (QED) is 0.256. The lowest BCUT2D eigenvalue weighted by Crippen LogP contribution is -2.53. The van der Waals surface area contributed by atoms with Crippen LogP contribution in [0.25, 0.3) is 0 Å². The fourth-order valence-corrected chi connectivity index (χ4v) is 5.99. The third kappa shape index (κ3) is 10.7. The summed E-state index contributed by atoms with van der Waals surface area (Å²) < 4.78 is 17.0. The number of likely N-dealkylation sites (N-methyl/N-ethyl adjacent to an activating group) is 1. The molecule has 0 radical (unpaired) electrons. The van der Waals surface area contributed by atoms with Gasteiger partial charge in [0.1, 0.15) is 24.4 Å². The first-order valence-corrected chi connectivity index (χ1v) is 17.2. The maximum atomic E-state index is 14.0. The lowest BCUT2D eigenvalue weighted by Gasteiger charge is -2.32. The minimum Gasteiger partial charge on any atom is -0.493 e. The van der Waals surface area contributed by atoms with Gasteiger partial charge in [0.2, 0.25) is 17.7 Å². The van der Waals surface area contributed by atoms with E-state index >= 15 is 0 Å². The van der Waals surface area contributed by atoms with E-state index in [2.05, 4.69) is 16.0 Å². The number of para-hydroxylation sites is 1. The highest BCUT2D eigenvalue weighted by atomic mass is 16.5. The summed E-state index contributed by atoms with van der Waals surface area (Å²) in [6, 6.07) is 20.1. The van der Waals surface area contributed by atoms with Crippen LogP contribution in [0.5, 0.6) is 17.2 Å². The van der Waals surface area contributed by atoms with Crippen LogP contribution in [0.2, 0.25) is 0 Å². The predicted molar refractivity (Wildman–Crippen MR) is 191 cm³/mol. The van der Waals surface area contributed by atoms with Gasteiger partial charge >= 0.3 is 0 Å². The Morgan fingerprint density at radius 1 is 0.940 bits per heavy atom. The first-order chi connectivity index (χ1) is 24.1. The number of nitrogens with one attached hydrogen (secondary N) is 3. The van der Waals surface area contributed by atoms with E-state index in [-0.39, 0.29) is 42.7 Å². The van der Waals surface area contributed by atoms with Gasteiger partial charge in [-0.3, -0.25) is 19.2 Å². The fraction of sp³-hybridized carbons (Fsp3) is 0.436. The molecule has 11 nitrogen and oxygen atoms in total. The van der Waals surface area contributed by atoms with E-state index in [4.69, 9.17) is 14.2 Å². The van der Waals surface area contributed by atoms with Gasteiger partial charge in [-0.05, 0) is 73.4 Å². The molecule has 4 rings (SSSR count). The fourth-order valence-electron chi connectivity index (χ4n) is 5.99. The number of rotatable bonds is 11. The van der Waals surface area contributed by atoms with Crippen molar-refractivity contribution in [3.63, 3.8) is 0 Å². The molecule has 3 aromatic carbocycles. The smallest absolute Gasteiger partial charge is 0.255 e. The monoisotopic (exact) mass is 686 g/mol. The number of carbonyl (C=O) groups excluding carboxylic acids is 4. The van der Waals surface area contributed by atoms with Crippen molar-refractivity contribution in [2.75, 3.05) is 34.4 Å². The SMILES string of the molecule is COc1ccc(CCCNC(=O)[C@@H]2CCC(=O)N[C@@H](CC(C)C)C(=O)N(C)[C@H](Cc3ccccc3)COc3ccccc3C(=O)N2)cc1OC. The Hall–Kier alpha value is -5.06. The summed E-state index contributed by atoms with van der Waals surface area (Å²) in [5.41, 5.74) is 2.30. The molecule has 0 saturated heterocycles. The number of fused-ring (bicyclic) bond motifs is 1. The average molecular weight is 687 g/mol. The lowest BCUT2D eigenvalue weighted by atomic mass is 10.00. The number of methoxy groups -OCH3 is 2. The summed E-state index contributed by atoms with van der Waals surface area (Å²) in [4.78, 5) is 56.1. The molecule has 0 aliphatic carbocycles. The average Bonchev–Trinajstić information content (AvgIpc) is 3.12. The Balaban J connectivity index is 1.54. The van der Waals surface area contributed by atoms with E-state index in [0.29, 0.717) is 49.5 Å². The molecule has 268 valence electrons. The van der Waals surface area contributed by atoms with Crippen molar-refractivity contribution in [2.45, 2.75) is 70.5 Å². The molecular formula is C39H50N4O7. The normalized spacial score (nSPS) is 18.9. The lowest BCUT2D eigenvalue weighted by molar-refractivity contribution is -0.138. The van der Waals surface area contributed by atoms with Gasteiger partial charge in [-0.1, -0.05) is 62.4 Å². The van der Waals surface area contributed by atoms with E-state index in [0.717, 1.165) is 11.1 Å². The van der Waals surface area contributed by atoms with Crippen LogP contribution in [0.3, 0.4) is 0 Å². The molecule has 3 aromatic rings. The molecule has 0 saturated carbocycles. The van der Waals surface area contributed by atoms with Crippen LogP contribution in [0.15, 0.2) is 72.8 Å². The largest absolute Gasteiger partial charge is 0.493 e. The second-order valence-electron chi connectivity index (χ2n) is 13.0. The minimum absolute atomic E-state index is 0.0389. The molecule has 1 heterocycles. The molecule has 50 heavy (non-hydrogen) atoms. The van der Waals surface area contributed by atoms with Crippen LogP contribution in [0.4, 0.5) is 0 Å². The van der Waals surface area contributed by atoms with E-state index in [1.165, 1.54) is 0 Å². The van der Waals surface area contributed by atoms with Gasteiger partial charge in [-0.25, -0.2) is 0 Å². The highest BCUT2D eigenvalue weighted by Crippen LogP contribution is 2.28. The van der Waals surface area contributed by atoms with Crippen molar-refractivity contribution >= 4 is 23.6 Å². The number of ether oxygens (including phenoxy) is 3. The van der Waals surface area contributed by atoms with Gasteiger partial charge in [0.25, 0.3) is 5.91 Å². The molecule has 0 bridgehead atoms. The Bertz CT molecular complexity index is 1600. The van der Waals surface area contributed by atoms with E-state index in [9.17, 15) is 19.2 Å². The first kappa shape index (κ1) is 37.8. The Morgan fingerprint density at radius 3 is 2.38 bits per heavy atom. The standard InChI is InChI=1S/C39H50N4O7/c1-26(2)22-32-39(47)43(3)29(23-27-12-7-6-8-13-27)25-50-33-16-10-9-15-30(33)37(45)42-31(18-20-36(44)41-32)38(46)40-21-11-14-28-17-19-34(48-4)35(24-28)49-5/h6-10,12-13,15-17,19,24,26,29,31-32H,11,14,18,20-23,25H2,1-5H3,(H,40,46)(H,41,44)(H,42,45)/t29-,31+,32+/m1/s1. The van der Waals surface area contributed by atoms with Gasteiger partial charge in [0.15, 0.2) is 11.5 Å². The number of aryl methyl sites for hydroxylation is 1. The third-order valence-electron chi connectivity index (χ3n) is 8.78. The maximum absolute atomic E-state index is 14.0. The van der Waals surface area contributed by atoms with E-state index < -0.39 is 29.9 Å². The van der Waals surface area contributed by atoms with Crippen molar-refractivity contribution in [1.29, 1.82) is 0 Å². The summed E-state index contributed by atoms with van der Waals surface area (Å²) >= 11 is 0. The molecule has 11 heteroatoms. The second kappa shape index (κ2) is 18.6. The second-order valence-corrected chi connectivity index (χ2v) is 13.0. The minimum atomic E-state index is -1.000.